The van der Waals surface area contributed by atoms with Crippen molar-refractivity contribution in [3.8, 4) is 22.8 Å². The number of methoxy groups -OCH3 is 1. The van der Waals surface area contributed by atoms with Crippen LogP contribution in [0.15, 0.2) is 24.3 Å². The number of nitrogens with one attached hydrogen (secondary N) is 1. The Labute approximate surface area is 111 Å². The van der Waals surface area contributed by atoms with Gasteiger partial charge in [0, 0.05) is 11.6 Å². The van der Waals surface area contributed by atoms with Crippen LogP contribution < -0.4 is 15.2 Å². The van der Waals surface area contributed by atoms with E-state index < -0.39 is 0 Å². The number of nitrogen functional groups attached to an aromatic ring is 1. The highest BCUT2D eigenvalue weighted by Crippen LogP contribution is 2.39. The van der Waals surface area contributed by atoms with Crippen LogP contribution in [0.2, 0.25) is 0 Å². The van der Waals surface area contributed by atoms with Gasteiger partial charge in [-0.25, -0.2) is 0 Å². The van der Waals surface area contributed by atoms with E-state index in [0.717, 1.165) is 29.4 Å². The maximum atomic E-state index is 5.93. The Kier molecular flexibility index (Phi) is 3.03. The van der Waals surface area contributed by atoms with Gasteiger partial charge in [0.25, 0.3) is 0 Å². The summed E-state index contributed by atoms with van der Waals surface area (Å²) >= 11 is 0. The van der Waals surface area contributed by atoms with Crippen LogP contribution in [0, 0.1) is 5.92 Å². The van der Waals surface area contributed by atoms with Crippen LogP contribution in [-0.4, -0.2) is 23.9 Å². The minimum Gasteiger partial charge on any atom is -0.493 e. The zero-order valence-corrected chi connectivity index (χ0v) is 10.8. The molecule has 0 radical (unpaired) electrons. The molecule has 2 aromatic rings. The van der Waals surface area contributed by atoms with Gasteiger partial charge in [0.1, 0.15) is 5.82 Å². The Balaban J connectivity index is 1.96. The van der Waals surface area contributed by atoms with E-state index in [9.17, 15) is 0 Å². The molecule has 0 saturated heterocycles. The van der Waals surface area contributed by atoms with E-state index in [0.29, 0.717) is 11.7 Å². The average Bonchev–Trinajstić information content (AvgIpc) is 3.16. The number of H-pyrrole nitrogens is 1. The van der Waals surface area contributed by atoms with E-state index in [2.05, 4.69) is 10.2 Å². The average molecular weight is 259 g/mol. The van der Waals surface area contributed by atoms with Crippen molar-refractivity contribution in [3.63, 3.8) is 0 Å². The van der Waals surface area contributed by atoms with Gasteiger partial charge in [-0.2, -0.15) is 5.10 Å². The van der Waals surface area contributed by atoms with Crippen LogP contribution in [0.25, 0.3) is 11.3 Å². The fourth-order valence-corrected chi connectivity index (χ4v) is 2.00. The highest BCUT2D eigenvalue weighted by Gasteiger charge is 2.23. The van der Waals surface area contributed by atoms with Gasteiger partial charge < -0.3 is 15.2 Å². The topological polar surface area (TPSA) is 73.2 Å². The molecule has 0 amide bonds. The van der Waals surface area contributed by atoms with Gasteiger partial charge >= 0.3 is 0 Å². The quantitative estimate of drug-likeness (QED) is 0.865. The van der Waals surface area contributed by atoms with E-state index in [4.69, 9.17) is 15.2 Å². The lowest BCUT2D eigenvalue weighted by molar-refractivity contribution is 0.281. The molecule has 0 atom stereocenters. The van der Waals surface area contributed by atoms with Crippen molar-refractivity contribution in [2.45, 2.75) is 12.8 Å². The summed E-state index contributed by atoms with van der Waals surface area (Å²) < 4.78 is 11.3. The Morgan fingerprint density at radius 3 is 2.89 bits per heavy atom. The number of aromatic amines is 1. The van der Waals surface area contributed by atoms with Crippen molar-refractivity contribution in [2.75, 3.05) is 19.5 Å². The molecule has 1 aliphatic rings. The Bertz CT molecular complexity index is 576. The standard InChI is InChI=1S/C14H17N3O2/c1-18-12-4-2-3-10(11-7-13(15)17-16-11)14(12)19-8-9-5-6-9/h2-4,7,9H,5-6,8H2,1H3,(H3,15,16,17). The molecular weight excluding hydrogens is 242 g/mol. The van der Waals surface area contributed by atoms with Crippen molar-refractivity contribution in [1.29, 1.82) is 0 Å². The third kappa shape index (κ3) is 2.50. The van der Waals surface area contributed by atoms with E-state index in [1.807, 2.05) is 18.2 Å². The van der Waals surface area contributed by atoms with E-state index in [-0.39, 0.29) is 0 Å². The number of nitrogens with two attached hydrogens (primary N) is 1. The van der Waals surface area contributed by atoms with Gasteiger partial charge in [-0.1, -0.05) is 6.07 Å². The van der Waals surface area contributed by atoms with Crippen molar-refractivity contribution in [1.82, 2.24) is 10.2 Å². The maximum Gasteiger partial charge on any atom is 0.170 e. The van der Waals surface area contributed by atoms with Crippen LogP contribution in [-0.2, 0) is 0 Å². The lowest BCUT2D eigenvalue weighted by atomic mass is 10.1. The zero-order valence-electron chi connectivity index (χ0n) is 10.8. The van der Waals surface area contributed by atoms with Gasteiger partial charge in [0.2, 0.25) is 0 Å². The van der Waals surface area contributed by atoms with Crippen molar-refractivity contribution in [2.24, 2.45) is 5.92 Å². The molecule has 5 heteroatoms. The molecule has 3 N–H and O–H groups in total. The molecule has 1 aliphatic carbocycles. The molecule has 3 rings (SSSR count). The van der Waals surface area contributed by atoms with E-state index in [1.165, 1.54) is 12.8 Å². The molecule has 19 heavy (non-hydrogen) atoms. The van der Waals surface area contributed by atoms with Gasteiger partial charge in [-0.3, -0.25) is 5.10 Å². The molecule has 0 unspecified atom stereocenters. The van der Waals surface area contributed by atoms with Crippen LogP contribution in [0.5, 0.6) is 11.5 Å². The summed E-state index contributed by atoms with van der Waals surface area (Å²) in [5, 5.41) is 6.86. The molecule has 1 saturated carbocycles. The first-order valence-corrected chi connectivity index (χ1v) is 6.39. The zero-order chi connectivity index (χ0) is 13.2. The second-order valence-corrected chi connectivity index (χ2v) is 4.80. The minimum absolute atomic E-state index is 0.464. The Morgan fingerprint density at radius 2 is 2.26 bits per heavy atom. The molecule has 100 valence electrons. The summed E-state index contributed by atoms with van der Waals surface area (Å²) in [4.78, 5) is 0. The highest BCUT2D eigenvalue weighted by atomic mass is 16.5. The number of aromatic nitrogens is 2. The van der Waals surface area contributed by atoms with Gasteiger partial charge in [0.15, 0.2) is 11.5 Å². The van der Waals surface area contributed by atoms with Crippen LogP contribution in [0.4, 0.5) is 5.82 Å². The largest absolute Gasteiger partial charge is 0.493 e. The number of anilines is 1. The number of hydrogen-bond donors (Lipinski definition) is 2. The summed E-state index contributed by atoms with van der Waals surface area (Å²) in [7, 11) is 1.64. The van der Waals surface area contributed by atoms with Crippen molar-refractivity contribution < 1.29 is 9.47 Å². The maximum absolute atomic E-state index is 5.93. The lowest BCUT2D eigenvalue weighted by Gasteiger charge is -2.14. The normalized spacial score (nSPS) is 14.4. The molecule has 1 aromatic heterocycles. The minimum atomic E-state index is 0.464. The first-order chi connectivity index (χ1) is 9.28. The second kappa shape index (κ2) is 4.84. The summed E-state index contributed by atoms with van der Waals surface area (Å²) in [6, 6.07) is 7.58. The SMILES string of the molecule is COc1cccc(-c2cc(N)n[nH]2)c1OCC1CC1. The number of nitrogens with zero attached hydrogens (tertiary/aromatic N) is 1. The fourth-order valence-electron chi connectivity index (χ4n) is 2.00. The lowest BCUT2D eigenvalue weighted by Crippen LogP contribution is -2.02. The molecule has 0 spiro atoms. The molecule has 1 fully saturated rings. The van der Waals surface area contributed by atoms with Crippen LogP contribution in [0.3, 0.4) is 0 Å². The predicted molar refractivity (Wildman–Crippen MR) is 73.2 cm³/mol. The van der Waals surface area contributed by atoms with Gasteiger partial charge in [-0.05, 0) is 30.9 Å². The number of ether oxygens (including phenoxy) is 2. The van der Waals surface area contributed by atoms with Crippen molar-refractivity contribution >= 4 is 5.82 Å². The second-order valence-electron chi connectivity index (χ2n) is 4.80. The summed E-state index contributed by atoms with van der Waals surface area (Å²) in [5.41, 5.74) is 7.41. The third-order valence-electron chi connectivity index (χ3n) is 3.25. The Morgan fingerprint density at radius 1 is 1.42 bits per heavy atom. The van der Waals surface area contributed by atoms with E-state index in [1.54, 1.807) is 13.2 Å². The summed E-state index contributed by atoms with van der Waals surface area (Å²) in [5.74, 6) is 2.63. The molecular formula is C14H17N3O2. The molecule has 1 aromatic carbocycles. The third-order valence-corrected chi connectivity index (χ3v) is 3.25. The van der Waals surface area contributed by atoms with Crippen molar-refractivity contribution in [3.05, 3.63) is 24.3 Å². The summed E-state index contributed by atoms with van der Waals surface area (Å²) in [6.07, 6.45) is 2.50. The number of hydrogen-bond acceptors (Lipinski definition) is 4. The van der Waals surface area contributed by atoms with Crippen LogP contribution in [0.1, 0.15) is 12.8 Å². The molecule has 0 aliphatic heterocycles. The predicted octanol–water partition coefficient (Wildman–Crippen LogP) is 2.46. The molecule has 5 nitrogen and oxygen atoms in total. The smallest absolute Gasteiger partial charge is 0.170 e. The number of benzene rings is 1. The molecule has 1 heterocycles. The monoisotopic (exact) mass is 259 g/mol. The number of para-hydroxylation sites is 1. The van der Waals surface area contributed by atoms with Gasteiger partial charge in [-0.15, -0.1) is 0 Å². The van der Waals surface area contributed by atoms with E-state index >= 15 is 0 Å². The Hall–Kier alpha value is -2.17. The summed E-state index contributed by atoms with van der Waals surface area (Å²) in [6.45, 7) is 0.733. The fraction of sp³-hybridized carbons (Fsp3) is 0.357. The number of rotatable bonds is 5. The highest BCUT2D eigenvalue weighted by molar-refractivity contribution is 5.72. The first kappa shape index (κ1) is 11.9. The van der Waals surface area contributed by atoms with Gasteiger partial charge in [0.05, 0.1) is 19.4 Å². The first-order valence-electron chi connectivity index (χ1n) is 6.39. The molecule has 0 bridgehead atoms. The van der Waals surface area contributed by atoms with Crippen LogP contribution >= 0.6 is 0 Å².